The van der Waals surface area contributed by atoms with Crippen LogP contribution in [0, 0.1) is 0 Å². The van der Waals surface area contributed by atoms with E-state index in [1.807, 2.05) is 6.92 Å². The number of nitrogens with zero attached hydrogens (tertiary/aromatic N) is 3. The molecular formula is C19H17ClN6O4. The van der Waals surface area contributed by atoms with E-state index in [4.69, 9.17) is 17.3 Å². The number of hydrazine groups is 1. The van der Waals surface area contributed by atoms with Crippen molar-refractivity contribution in [1.82, 2.24) is 25.6 Å². The third-order valence-corrected chi connectivity index (χ3v) is 4.44. The molecule has 3 aromatic rings. The van der Waals surface area contributed by atoms with Gasteiger partial charge in [-0.2, -0.15) is 5.10 Å². The molecule has 3 rings (SSSR count). The first kappa shape index (κ1) is 20.9. The molecular weight excluding hydrogens is 412 g/mol. The molecule has 0 unspecified atom stereocenters. The highest BCUT2D eigenvalue weighted by molar-refractivity contribution is 6.33. The van der Waals surface area contributed by atoms with Crippen molar-refractivity contribution in [1.29, 1.82) is 0 Å². The van der Waals surface area contributed by atoms with Gasteiger partial charge in [0.2, 0.25) is 5.91 Å². The number of carbonyl (C=O) groups excluding carboxylic acids is 3. The Hall–Kier alpha value is -3.79. The molecule has 0 atom stereocenters. The molecule has 11 heteroatoms. The molecule has 0 aliphatic heterocycles. The molecule has 3 amide bonds. The second-order valence-corrected chi connectivity index (χ2v) is 6.66. The Morgan fingerprint density at radius 2 is 1.73 bits per heavy atom. The lowest BCUT2D eigenvalue weighted by molar-refractivity contribution is 0.0841. The Kier molecular flexibility index (Phi) is 6.07. The average molecular weight is 429 g/mol. The van der Waals surface area contributed by atoms with Gasteiger partial charge in [0.05, 0.1) is 16.0 Å². The largest absolute Gasteiger partial charge is 0.366 e. The summed E-state index contributed by atoms with van der Waals surface area (Å²) >= 11 is 5.96. The standard InChI is InChI=1S/C19H17ClN6O4/c1-2-7-26-19(30)12-6-4-3-5-11(12)14(25-26)17(28)23-24-18(29)15-13(20)8-10(9-22-15)16(21)27/h3-6,8-9H,2,7H2,1H3,(H2,21,27)(H,23,28)(H,24,29). The van der Waals surface area contributed by atoms with Crippen LogP contribution in [-0.2, 0) is 6.54 Å². The first-order valence-electron chi connectivity index (χ1n) is 8.89. The fourth-order valence-corrected chi connectivity index (χ4v) is 2.99. The smallest absolute Gasteiger partial charge is 0.290 e. The first-order chi connectivity index (χ1) is 14.3. The summed E-state index contributed by atoms with van der Waals surface area (Å²) in [6.45, 7) is 2.21. The monoisotopic (exact) mass is 428 g/mol. The molecule has 2 heterocycles. The molecule has 154 valence electrons. The minimum absolute atomic E-state index is 0.0258. The summed E-state index contributed by atoms with van der Waals surface area (Å²) in [6.07, 6.45) is 1.75. The quantitative estimate of drug-likeness (QED) is 0.516. The van der Waals surface area contributed by atoms with E-state index in [1.54, 1.807) is 24.3 Å². The number of hydrogen-bond acceptors (Lipinski definition) is 6. The molecule has 0 saturated heterocycles. The zero-order valence-corrected chi connectivity index (χ0v) is 16.6. The Bertz CT molecular complexity index is 1220. The van der Waals surface area contributed by atoms with Crippen molar-refractivity contribution in [2.45, 2.75) is 19.9 Å². The minimum Gasteiger partial charge on any atom is -0.366 e. The van der Waals surface area contributed by atoms with Crippen LogP contribution in [0.3, 0.4) is 0 Å². The lowest BCUT2D eigenvalue weighted by atomic mass is 10.1. The zero-order chi connectivity index (χ0) is 21.8. The van der Waals surface area contributed by atoms with Gasteiger partial charge in [0.25, 0.3) is 17.4 Å². The van der Waals surface area contributed by atoms with Crippen molar-refractivity contribution in [2.24, 2.45) is 5.73 Å². The van der Waals surface area contributed by atoms with E-state index in [0.29, 0.717) is 23.7 Å². The van der Waals surface area contributed by atoms with Crippen LogP contribution in [0.2, 0.25) is 5.02 Å². The number of hydrogen-bond donors (Lipinski definition) is 3. The number of fused-ring (bicyclic) bond motifs is 1. The lowest BCUT2D eigenvalue weighted by Gasteiger charge is -2.11. The Morgan fingerprint density at radius 1 is 1.10 bits per heavy atom. The van der Waals surface area contributed by atoms with Gasteiger partial charge in [0, 0.05) is 18.1 Å². The third-order valence-electron chi connectivity index (χ3n) is 4.15. The molecule has 0 aliphatic carbocycles. The van der Waals surface area contributed by atoms with Gasteiger partial charge in [-0.1, -0.05) is 36.7 Å². The first-order valence-corrected chi connectivity index (χ1v) is 9.27. The molecule has 0 spiro atoms. The zero-order valence-electron chi connectivity index (χ0n) is 15.8. The van der Waals surface area contributed by atoms with Gasteiger partial charge >= 0.3 is 0 Å². The van der Waals surface area contributed by atoms with Crippen LogP contribution in [0.4, 0.5) is 0 Å². The van der Waals surface area contributed by atoms with E-state index in [-0.39, 0.29) is 27.5 Å². The Morgan fingerprint density at radius 3 is 2.33 bits per heavy atom. The fraction of sp³-hybridized carbons (Fsp3) is 0.158. The SMILES string of the molecule is CCCn1nc(C(=O)NNC(=O)c2ncc(C(N)=O)cc2Cl)c2ccccc2c1=O. The van der Waals surface area contributed by atoms with Crippen LogP contribution in [0.15, 0.2) is 41.3 Å². The molecule has 0 aliphatic rings. The number of rotatable bonds is 5. The number of pyridine rings is 1. The van der Waals surface area contributed by atoms with Gasteiger partial charge in [-0.3, -0.25) is 30.0 Å². The van der Waals surface area contributed by atoms with Crippen LogP contribution < -0.4 is 22.1 Å². The molecule has 0 fully saturated rings. The van der Waals surface area contributed by atoms with Gasteiger partial charge in [0.1, 0.15) is 5.69 Å². The summed E-state index contributed by atoms with van der Waals surface area (Å²) < 4.78 is 1.21. The lowest BCUT2D eigenvalue weighted by Crippen LogP contribution is -2.43. The summed E-state index contributed by atoms with van der Waals surface area (Å²) in [6, 6.07) is 7.76. The number of aryl methyl sites for hydroxylation is 1. The van der Waals surface area contributed by atoms with E-state index in [0.717, 1.165) is 6.20 Å². The number of amides is 3. The number of carbonyl (C=O) groups is 3. The number of nitrogens with two attached hydrogens (primary N) is 1. The molecule has 30 heavy (non-hydrogen) atoms. The third kappa shape index (κ3) is 4.13. The van der Waals surface area contributed by atoms with Gasteiger partial charge < -0.3 is 5.73 Å². The summed E-state index contributed by atoms with van der Waals surface area (Å²) in [4.78, 5) is 52.4. The summed E-state index contributed by atoms with van der Waals surface area (Å²) in [5.74, 6) is -2.28. The average Bonchev–Trinajstić information content (AvgIpc) is 2.73. The van der Waals surface area contributed by atoms with E-state index in [9.17, 15) is 19.2 Å². The van der Waals surface area contributed by atoms with Gasteiger partial charge in [-0.25, -0.2) is 9.67 Å². The number of aromatic nitrogens is 3. The maximum absolute atomic E-state index is 12.7. The number of nitrogens with one attached hydrogen (secondary N) is 2. The Labute approximate surface area is 175 Å². The van der Waals surface area contributed by atoms with Crippen LogP contribution in [0.25, 0.3) is 10.8 Å². The number of primary amides is 1. The highest BCUT2D eigenvalue weighted by atomic mass is 35.5. The highest BCUT2D eigenvalue weighted by Gasteiger charge is 2.19. The molecule has 2 aromatic heterocycles. The van der Waals surface area contributed by atoms with E-state index < -0.39 is 17.7 Å². The molecule has 0 radical (unpaired) electrons. The van der Waals surface area contributed by atoms with Crippen LogP contribution in [0.1, 0.15) is 44.7 Å². The van der Waals surface area contributed by atoms with Crippen molar-refractivity contribution in [3.63, 3.8) is 0 Å². The van der Waals surface area contributed by atoms with Crippen molar-refractivity contribution in [3.05, 3.63) is 68.9 Å². The highest BCUT2D eigenvalue weighted by Crippen LogP contribution is 2.15. The van der Waals surface area contributed by atoms with Crippen LogP contribution in [0.5, 0.6) is 0 Å². The molecule has 0 bridgehead atoms. The van der Waals surface area contributed by atoms with E-state index in [1.165, 1.54) is 10.7 Å². The minimum atomic E-state index is -0.810. The maximum Gasteiger partial charge on any atom is 0.290 e. The Balaban J connectivity index is 1.85. The van der Waals surface area contributed by atoms with E-state index in [2.05, 4.69) is 20.9 Å². The van der Waals surface area contributed by atoms with Crippen LogP contribution in [-0.4, -0.2) is 32.5 Å². The second-order valence-electron chi connectivity index (χ2n) is 6.25. The second kappa shape index (κ2) is 8.70. The molecule has 10 nitrogen and oxygen atoms in total. The van der Waals surface area contributed by atoms with E-state index >= 15 is 0 Å². The fourth-order valence-electron chi connectivity index (χ4n) is 2.74. The van der Waals surface area contributed by atoms with Crippen molar-refractivity contribution >= 4 is 40.1 Å². The van der Waals surface area contributed by atoms with Crippen molar-refractivity contribution in [3.8, 4) is 0 Å². The summed E-state index contributed by atoms with van der Waals surface area (Å²) in [5, 5.41) is 4.71. The predicted octanol–water partition coefficient (Wildman–Crippen LogP) is 1.03. The number of halogens is 1. The van der Waals surface area contributed by atoms with Crippen molar-refractivity contribution in [2.75, 3.05) is 0 Å². The molecule has 4 N–H and O–H groups in total. The van der Waals surface area contributed by atoms with Crippen LogP contribution >= 0.6 is 11.6 Å². The predicted molar refractivity (Wildman–Crippen MR) is 109 cm³/mol. The molecule has 0 saturated carbocycles. The van der Waals surface area contributed by atoms with Gasteiger partial charge in [-0.15, -0.1) is 0 Å². The summed E-state index contributed by atoms with van der Waals surface area (Å²) in [5.41, 5.74) is 9.05. The number of benzene rings is 1. The van der Waals surface area contributed by atoms with Gasteiger partial charge in [0.15, 0.2) is 5.69 Å². The van der Waals surface area contributed by atoms with Crippen molar-refractivity contribution < 1.29 is 14.4 Å². The topological polar surface area (TPSA) is 149 Å². The normalized spacial score (nSPS) is 10.6. The summed E-state index contributed by atoms with van der Waals surface area (Å²) in [7, 11) is 0. The molecule has 1 aromatic carbocycles. The van der Waals surface area contributed by atoms with Gasteiger partial charge in [-0.05, 0) is 18.6 Å². The maximum atomic E-state index is 12.7.